The predicted molar refractivity (Wildman–Crippen MR) is 69.6 cm³/mol. The Kier molecular flexibility index (Phi) is 6.30. The van der Waals surface area contributed by atoms with Gasteiger partial charge >= 0.3 is 12.2 Å². The van der Waals surface area contributed by atoms with Crippen molar-refractivity contribution in [3.63, 3.8) is 0 Å². The molecule has 0 aliphatic heterocycles. The summed E-state index contributed by atoms with van der Waals surface area (Å²) in [6.07, 6.45) is -3.78. The van der Waals surface area contributed by atoms with Crippen molar-refractivity contribution < 1.29 is 22.7 Å². The number of ether oxygens (including phenoxy) is 1. The molecule has 2 N–H and O–H groups in total. The summed E-state index contributed by atoms with van der Waals surface area (Å²) in [5, 5.41) is 4.89. The molecule has 1 aromatic carbocycles. The molecule has 0 radical (unpaired) electrons. The van der Waals surface area contributed by atoms with Gasteiger partial charge in [-0.2, -0.15) is 13.2 Å². The van der Waals surface area contributed by atoms with Crippen molar-refractivity contribution in [3.05, 3.63) is 29.8 Å². The van der Waals surface area contributed by atoms with Crippen LogP contribution in [0.25, 0.3) is 0 Å². The van der Waals surface area contributed by atoms with Gasteiger partial charge in [-0.1, -0.05) is 6.07 Å². The van der Waals surface area contributed by atoms with Crippen LogP contribution in [0, 0.1) is 0 Å². The number of hydrogen-bond donors (Lipinski definition) is 2. The zero-order chi connectivity index (χ0) is 15.0. The predicted octanol–water partition coefficient (Wildman–Crippen LogP) is 3.25. The normalized spacial score (nSPS) is 11.2. The molecule has 1 rings (SSSR count). The van der Waals surface area contributed by atoms with Gasteiger partial charge < -0.3 is 15.4 Å². The van der Waals surface area contributed by atoms with E-state index in [9.17, 15) is 18.0 Å². The first-order chi connectivity index (χ1) is 9.43. The van der Waals surface area contributed by atoms with Crippen molar-refractivity contribution in [3.8, 4) is 0 Å². The van der Waals surface area contributed by atoms with Gasteiger partial charge in [0, 0.05) is 25.4 Å². The first-order valence-electron chi connectivity index (χ1n) is 6.23. The zero-order valence-corrected chi connectivity index (χ0v) is 11.1. The van der Waals surface area contributed by atoms with Crippen molar-refractivity contribution in [1.82, 2.24) is 5.32 Å². The second-order valence-electron chi connectivity index (χ2n) is 4.01. The topological polar surface area (TPSA) is 50.4 Å². The minimum atomic E-state index is -4.42. The molecule has 0 aliphatic carbocycles. The maximum atomic E-state index is 12.5. The molecular formula is C13H17F3N2O2. The SMILES string of the molecule is CCOCCCNC(=O)Nc1cccc(C(F)(F)F)c1. The largest absolute Gasteiger partial charge is 0.416 e. The summed E-state index contributed by atoms with van der Waals surface area (Å²) < 4.78 is 42.5. The first kappa shape index (κ1) is 16.3. The Labute approximate surface area is 115 Å². The van der Waals surface area contributed by atoms with Gasteiger partial charge in [-0.3, -0.25) is 0 Å². The number of urea groups is 1. The van der Waals surface area contributed by atoms with E-state index in [0.29, 0.717) is 26.2 Å². The summed E-state index contributed by atoms with van der Waals surface area (Å²) >= 11 is 0. The minimum Gasteiger partial charge on any atom is -0.382 e. The summed E-state index contributed by atoms with van der Waals surface area (Å²) in [6, 6.07) is 3.94. The van der Waals surface area contributed by atoms with Crippen LogP contribution < -0.4 is 10.6 Å². The molecular weight excluding hydrogens is 273 g/mol. The van der Waals surface area contributed by atoms with E-state index in [1.807, 2.05) is 6.92 Å². The summed E-state index contributed by atoms with van der Waals surface area (Å²) in [5.74, 6) is 0. The summed E-state index contributed by atoms with van der Waals surface area (Å²) in [6.45, 7) is 3.40. The number of nitrogens with one attached hydrogen (secondary N) is 2. The molecule has 112 valence electrons. The third-order valence-electron chi connectivity index (χ3n) is 2.40. The lowest BCUT2D eigenvalue weighted by Crippen LogP contribution is -2.30. The summed E-state index contributed by atoms with van der Waals surface area (Å²) in [5.41, 5.74) is -0.700. The van der Waals surface area contributed by atoms with E-state index in [1.54, 1.807) is 0 Å². The standard InChI is InChI=1S/C13H17F3N2O2/c1-2-20-8-4-7-17-12(19)18-11-6-3-5-10(9-11)13(14,15)16/h3,5-6,9H,2,4,7-8H2,1H3,(H2,17,18,19). The maximum absolute atomic E-state index is 12.5. The number of anilines is 1. The molecule has 20 heavy (non-hydrogen) atoms. The van der Waals surface area contributed by atoms with E-state index >= 15 is 0 Å². The van der Waals surface area contributed by atoms with Crippen molar-refractivity contribution in [2.75, 3.05) is 25.1 Å². The third-order valence-corrected chi connectivity index (χ3v) is 2.40. The van der Waals surface area contributed by atoms with E-state index < -0.39 is 17.8 Å². The highest BCUT2D eigenvalue weighted by Crippen LogP contribution is 2.30. The molecule has 0 saturated carbocycles. The lowest BCUT2D eigenvalue weighted by Gasteiger charge is -2.10. The molecule has 0 atom stereocenters. The van der Waals surface area contributed by atoms with Crippen LogP contribution in [0.4, 0.5) is 23.7 Å². The van der Waals surface area contributed by atoms with Crippen LogP contribution in [0.5, 0.6) is 0 Å². The van der Waals surface area contributed by atoms with E-state index in [4.69, 9.17) is 4.74 Å². The first-order valence-corrected chi connectivity index (χ1v) is 6.23. The molecule has 0 saturated heterocycles. The van der Waals surface area contributed by atoms with Gasteiger partial charge in [0.2, 0.25) is 0 Å². The van der Waals surface area contributed by atoms with Crippen LogP contribution in [0.2, 0.25) is 0 Å². The zero-order valence-electron chi connectivity index (χ0n) is 11.1. The molecule has 0 spiro atoms. The molecule has 0 aromatic heterocycles. The maximum Gasteiger partial charge on any atom is 0.416 e. The van der Waals surface area contributed by atoms with Crippen LogP contribution in [-0.4, -0.2) is 25.8 Å². The summed E-state index contributed by atoms with van der Waals surface area (Å²) in [7, 11) is 0. The highest BCUT2D eigenvalue weighted by Gasteiger charge is 2.30. The lowest BCUT2D eigenvalue weighted by atomic mass is 10.2. The van der Waals surface area contributed by atoms with Crippen molar-refractivity contribution in [2.45, 2.75) is 19.5 Å². The van der Waals surface area contributed by atoms with Crippen LogP contribution >= 0.6 is 0 Å². The lowest BCUT2D eigenvalue weighted by molar-refractivity contribution is -0.137. The van der Waals surface area contributed by atoms with Crippen molar-refractivity contribution in [2.24, 2.45) is 0 Å². The number of rotatable bonds is 6. The van der Waals surface area contributed by atoms with Crippen LogP contribution in [-0.2, 0) is 10.9 Å². The van der Waals surface area contributed by atoms with Gasteiger partial charge in [0.1, 0.15) is 0 Å². The molecule has 0 fully saturated rings. The quantitative estimate of drug-likeness (QED) is 0.790. The number of hydrogen-bond acceptors (Lipinski definition) is 2. The van der Waals surface area contributed by atoms with Gasteiger partial charge in [-0.25, -0.2) is 4.79 Å². The minimum absolute atomic E-state index is 0.0992. The van der Waals surface area contributed by atoms with E-state index in [-0.39, 0.29) is 5.69 Å². The fourth-order valence-electron chi connectivity index (χ4n) is 1.47. The molecule has 0 aliphatic rings. The Bertz CT molecular complexity index is 436. The molecule has 4 nitrogen and oxygen atoms in total. The molecule has 0 unspecified atom stereocenters. The van der Waals surface area contributed by atoms with Gasteiger partial charge in [0.05, 0.1) is 5.56 Å². The Balaban J connectivity index is 2.42. The Morgan fingerprint density at radius 3 is 2.75 bits per heavy atom. The summed E-state index contributed by atoms with van der Waals surface area (Å²) in [4.78, 5) is 11.5. The van der Waals surface area contributed by atoms with Crippen LogP contribution in [0.1, 0.15) is 18.9 Å². The highest BCUT2D eigenvalue weighted by molar-refractivity contribution is 5.89. The fourth-order valence-corrected chi connectivity index (χ4v) is 1.47. The van der Waals surface area contributed by atoms with Gasteiger partial charge in [0.25, 0.3) is 0 Å². The Morgan fingerprint density at radius 2 is 2.10 bits per heavy atom. The average molecular weight is 290 g/mol. The number of amides is 2. The second kappa shape index (κ2) is 7.74. The van der Waals surface area contributed by atoms with Crippen molar-refractivity contribution >= 4 is 11.7 Å². The van der Waals surface area contributed by atoms with Gasteiger partial charge in [-0.05, 0) is 31.5 Å². The van der Waals surface area contributed by atoms with Gasteiger partial charge in [-0.15, -0.1) is 0 Å². The van der Waals surface area contributed by atoms with Crippen LogP contribution in [0.15, 0.2) is 24.3 Å². The molecule has 2 amide bonds. The second-order valence-corrected chi connectivity index (χ2v) is 4.01. The number of carbonyl (C=O) groups is 1. The molecule has 0 heterocycles. The average Bonchev–Trinajstić information content (AvgIpc) is 2.38. The number of alkyl halides is 3. The molecule has 7 heteroatoms. The van der Waals surface area contributed by atoms with E-state index in [1.165, 1.54) is 12.1 Å². The fraction of sp³-hybridized carbons (Fsp3) is 0.462. The Morgan fingerprint density at radius 1 is 1.35 bits per heavy atom. The smallest absolute Gasteiger partial charge is 0.382 e. The van der Waals surface area contributed by atoms with Crippen molar-refractivity contribution in [1.29, 1.82) is 0 Å². The van der Waals surface area contributed by atoms with E-state index in [0.717, 1.165) is 12.1 Å². The van der Waals surface area contributed by atoms with Crippen LogP contribution in [0.3, 0.4) is 0 Å². The van der Waals surface area contributed by atoms with E-state index in [2.05, 4.69) is 10.6 Å². The number of benzene rings is 1. The molecule has 1 aromatic rings. The number of halogens is 3. The third kappa shape index (κ3) is 5.92. The molecule has 0 bridgehead atoms. The number of carbonyl (C=O) groups excluding carboxylic acids is 1. The van der Waals surface area contributed by atoms with Gasteiger partial charge in [0.15, 0.2) is 0 Å². The Hall–Kier alpha value is -1.76. The monoisotopic (exact) mass is 290 g/mol. The highest BCUT2D eigenvalue weighted by atomic mass is 19.4.